The highest BCUT2D eigenvalue weighted by atomic mass is 127. The number of guanidine groups is 1. The number of aliphatic imine (C=N–C) groups is 1. The van der Waals surface area contributed by atoms with E-state index in [0.717, 1.165) is 23.4 Å². The maximum atomic E-state index is 12.2. The van der Waals surface area contributed by atoms with Crippen molar-refractivity contribution < 1.29 is 27.4 Å². The fourth-order valence-corrected chi connectivity index (χ4v) is 2.42. The number of nitrogens with one attached hydrogen (secondary N) is 2. The van der Waals surface area contributed by atoms with Crippen molar-refractivity contribution >= 4 is 35.6 Å². The van der Waals surface area contributed by atoms with Gasteiger partial charge in [0, 0.05) is 50.7 Å². The molecule has 0 amide bonds. The van der Waals surface area contributed by atoms with Crippen molar-refractivity contribution in [2.24, 2.45) is 4.99 Å². The molecule has 0 radical (unpaired) electrons. The van der Waals surface area contributed by atoms with Crippen molar-refractivity contribution in [3.63, 3.8) is 0 Å². The Bertz CT molecular complexity index is 821. The van der Waals surface area contributed by atoms with E-state index in [-0.39, 0.29) is 36.4 Å². The molecule has 7 nitrogen and oxygen atoms in total. The number of aromatic nitrogens is 1. The molecule has 0 fully saturated rings. The highest BCUT2D eigenvalue weighted by Crippen LogP contribution is 2.18. The van der Waals surface area contributed by atoms with E-state index in [1.807, 2.05) is 31.2 Å². The quantitative estimate of drug-likeness (QED) is 0.178. The molecule has 1 aromatic carbocycles. The molecule has 0 saturated carbocycles. The smallest absolute Gasteiger partial charge is 0.422 e. The maximum Gasteiger partial charge on any atom is 0.422 e. The summed E-state index contributed by atoms with van der Waals surface area (Å²) in [4.78, 5) is 8.37. The number of halogens is 4. The highest BCUT2D eigenvalue weighted by molar-refractivity contribution is 14.0. The van der Waals surface area contributed by atoms with E-state index in [0.29, 0.717) is 25.7 Å². The van der Waals surface area contributed by atoms with Crippen LogP contribution >= 0.6 is 24.0 Å². The van der Waals surface area contributed by atoms with E-state index >= 15 is 0 Å². The van der Waals surface area contributed by atoms with Gasteiger partial charge in [-0.05, 0) is 24.6 Å². The number of rotatable bonds is 11. The molecule has 1 aromatic heterocycles. The standard InChI is InChI=1S/C21H27F3N4O3.HI/c1-3-25-20(28-17-6-4-7-18(12-17)30-11-5-10-29-2)27-14-16-8-9-19(26-13-16)31-15-21(22,23)24;/h4,6-9,12-13H,3,5,10-11,14-15H2,1-2H3,(H2,25,27,28);1H. The zero-order valence-corrected chi connectivity index (χ0v) is 20.3. The number of ether oxygens (including phenoxy) is 3. The average Bonchev–Trinajstić information content (AvgIpc) is 2.74. The SMILES string of the molecule is CCNC(=NCc1ccc(OCC(F)(F)F)nc1)Nc1cccc(OCCCOC)c1.I. The van der Waals surface area contributed by atoms with Gasteiger partial charge in [0.05, 0.1) is 13.2 Å². The summed E-state index contributed by atoms with van der Waals surface area (Å²) in [5.74, 6) is 1.20. The number of hydrogen-bond acceptors (Lipinski definition) is 5. The predicted octanol–water partition coefficient (Wildman–Crippen LogP) is 4.63. The largest absolute Gasteiger partial charge is 0.493 e. The molecule has 11 heteroatoms. The molecule has 0 aliphatic heterocycles. The Hall–Kier alpha value is -2.28. The number of alkyl halides is 3. The first-order chi connectivity index (χ1) is 14.9. The van der Waals surface area contributed by atoms with Gasteiger partial charge in [0.15, 0.2) is 12.6 Å². The van der Waals surface area contributed by atoms with Gasteiger partial charge in [0.2, 0.25) is 5.88 Å². The zero-order valence-electron chi connectivity index (χ0n) is 17.9. The third-order valence-electron chi connectivity index (χ3n) is 3.80. The molecule has 0 aliphatic carbocycles. The average molecular weight is 568 g/mol. The Morgan fingerprint density at radius 2 is 1.94 bits per heavy atom. The van der Waals surface area contributed by atoms with Crippen LogP contribution in [0.1, 0.15) is 18.9 Å². The Labute approximate surface area is 202 Å². The number of benzene rings is 1. The first-order valence-electron chi connectivity index (χ1n) is 9.81. The minimum atomic E-state index is -4.40. The highest BCUT2D eigenvalue weighted by Gasteiger charge is 2.28. The summed E-state index contributed by atoms with van der Waals surface area (Å²) in [6, 6.07) is 10.5. The first-order valence-corrected chi connectivity index (χ1v) is 9.81. The van der Waals surface area contributed by atoms with E-state index in [4.69, 9.17) is 9.47 Å². The van der Waals surface area contributed by atoms with Crippen LogP contribution in [0.15, 0.2) is 47.6 Å². The van der Waals surface area contributed by atoms with Crippen LogP contribution in [0.3, 0.4) is 0 Å². The lowest BCUT2D eigenvalue weighted by Gasteiger charge is -2.13. The van der Waals surface area contributed by atoms with Crippen molar-refractivity contribution in [3.05, 3.63) is 48.2 Å². The maximum absolute atomic E-state index is 12.2. The number of anilines is 1. The molecule has 0 atom stereocenters. The van der Waals surface area contributed by atoms with Gasteiger partial charge < -0.3 is 24.8 Å². The molecular weight excluding hydrogens is 540 g/mol. The summed E-state index contributed by atoms with van der Waals surface area (Å²) in [5.41, 5.74) is 1.53. The molecule has 178 valence electrons. The topological polar surface area (TPSA) is 77.0 Å². The summed E-state index contributed by atoms with van der Waals surface area (Å²) < 4.78 is 51.9. The van der Waals surface area contributed by atoms with E-state index in [9.17, 15) is 13.2 Å². The van der Waals surface area contributed by atoms with Crippen LogP contribution in [0.5, 0.6) is 11.6 Å². The zero-order chi connectivity index (χ0) is 22.5. The van der Waals surface area contributed by atoms with Crippen LogP contribution in [0, 0.1) is 0 Å². The van der Waals surface area contributed by atoms with Crippen molar-refractivity contribution in [1.29, 1.82) is 0 Å². The van der Waals surface area contributed by atoms with E-state index < -0.39 is 12.8 Å². The summed E-state index contributed by atoms with van der Waals surface area (Å²) >= 11 is 0. The number of hydrogen-bond donors (Lipinski definition) is 2. The minimum Gasteiger partial charge on any atom is -0.493 e. The Morgan fingerprint density at radius 1 is 1.12 bits per heavy atom. The third-order valence-corrected chi connectivity index (χ3v) is 3.80. The summed E-state index contributed by atoms with van der Waals surface area (Å²) in [7, 11) is 1.65. The first kappa shape index (κ1) is 27.8. The molecule has 0 unspecified atom stereocenters. The molecular formula is C21H28F3IN4O3. The van der Waals surface area contributed by atoms with Crippen LogP contribution in [0.2, 0.25) is 0 Å². The lowest BCUT2D eigenvalue weighted by Crippen LogP contribution is -2.30. The lowest BCUT2D eigenvalue weighted by molar-refractivity contribution is -0.154. The van der Waals surface area contributed by atoms with Crippen LogP contribution in [0.4, 0.5) is 18.9 Å². The Kier molecular flexibility index (Phi) is 12.8. The predicted molar refractivity (Wildman–Crippen MR) is 128 cm³/mol. The molecule has 0 bridgehead atoms. The molecule has 2 N–H and O–H groups in total. The van der Waals surface area contributed by atoms with Gasteiger partial charge in [0.25, 0.3) is 0 Å². The molecule has 1 heterocycles. The van der Waals surface area contributed by atoms with E-state index in [1.165, 1.54) is 12.3 Å². The van der Waals surface area contributed by atoms with Crippen LogP contribution in [0.25, 0.3) is 0 Å². The van der Waals surface area contributed by atoms with Crippen molar-refractivity contribution in [3.8, 4) is 11.6 Å². The molecule has 2 aromatic rings. The summed E-state index contributed by atoms with van der Waals surface area (Å²) in [6.45, 7) is 2.71. The van der Waals surface area contributed by atoms with Crippen LogP contribution in [-0.2, 0) is 11.3 Å². The second kappa shape index (κ2) is 14.7. The second-order valence-electron chi connectivity index (χ2n) is 6.45. The van der Waals surface area contributed by atoms with Gasteiger partial charge in [-0.1, -0.05) is 12.1 Å². The normalized spacial score (nSPS) is 11.5. The Balaban J connectivity index is 0.00000512. The van der Waals surface area contributed by atoms with Gasteiger partial charge >= 0.3 is 6.18 Å². The molecule has 32 heavy (non-hydrogen) atoms. The van der Waals surface area contributed by atoms with Gasteiger partial charge in [0.1, 0.15) is 5.75 Å². The van der Waals surface area contributed by atoms with Gasteiger partial charge in [-0.2, -0.15) is 13.2 Å². The molecule has 0 aliphatic rings. The fourth-order valence-electron chi connectivity index (χ4n) is 2.42. The van der Waals surface area contributed by atoms with Crippen molar-refractivity contribution in [2.75, 3.05) is 38.8 Å². The molecule has 2 rings (SSSR count). The number of pyridine rings is 1. The van der Waals surface area contributed by atoms with Crippen LogP contribution < -0.4 is 20.1 Å². The third kappa shape index (κ3) is 11.4. The molecule has 0 saturated heterocycles. The monoisotopic (exact) mass is 568 g/mol. The van der Waals surface area contributed by atoms with Crippen molar-refractivity contribution in [1.82, 2.24) is 10.3 Å². The fraction of sp³-hybridized carbons (Fsp3) is 0.429. The van der Waals surface area contributed by atoms with E-state index in [2.05, 4.69) is 25.3 Å². The lowest BCUT2D eigenvalue weighted by atomic mass is 10.3. The number of nitrogens with zero attached hydrogens (tertiary/aromatic N) is 2. The second-order valence-corrected chi connectivity index (χ2v) is 6.45. The summed E-state index contributed by atoms with van der Waals surface area (Å²) in [5, 5.41) is 6.35. The summed E-state index contributed by atoms with van der Waals surface area (Å²) in [6.07, 6.45) is -2.16. The number of methoxy groups -OCH3 is 1. The Morgan fingerprint density at radius 3 is 2.59 bits per heavy atom. The van der Waals surface area contributed by atoms with Gasteiger partial charge in [-0.15, -0.1) is 24.0 Å². The minimum absolute atomic E-state index is 0. The van der Waals surface area contributed by atoms with Crippen molar-refractivity contribution in [2.45, 2.75) is 26.1 Å². The van der Waals surface area contributed by atoms with Crippen LogP contribution in [-0.4, -0.2) is 50.6 Å². The van der Waals surface area contributed by atoms with E-state index in [1.54, 1.807) is 13.2 Å². The van der Waals surface area contributed by atoms with Gasteiger partial charge in [-0.25, -0.2) is 9.98 Å². The molecule has 0 spiro atoms. The van der Waals surface area contributed by atoms with Gasteiger partial charge in [-0.3, -0.25) is 0 Å².